The summed E-state index contributed by atoms with van der Waals surface area (Å²) in [4.78, 5) is 28.3. The van der Waals surface area contributed by atoms with Gasteiger partial charge in [-0.15, -0.1) is 0 Å². The molecule has 1 amide bonds. The maximum Gasteiger partial charge on any atom is 0.299 e. The van der Waals surface area contributed by atoms with Crippen LogP contribution in [0.3, 0.4) is 0 Å². The minimum absolute atomic E-state index is 0.0953. The Hall–Kier alpha value is -4.47. The number of amides is 1. The number of aliphatic imine (C=N–C) groups is 1. The van der Waals surface area contributed by atoms with Gasteiger partial charge in [0.2, 0.25) is 5.91 Å². The van der Waals surface area contributed by atoms with Crippen LogP contribution in [0, 0.1) is 12.8 Å². The van der Waals surface area contributed by atoms with Gasteiger partial charge in [0.25, 0.3) is 5.92 Å². The summed E-state index contributed by atoms with van der Waals surface area (Å²) in [7, 11) is 2.80. The molecule has 0 aliphatic heterocycles. The van der Waals surface area contributed by atoms with Gasteiger partial charge in [0.05, 0.1) is 12.5 Å². The first kappa shape index (κ1) is 39.3. The highest BCUT2D eigenvalue weighted by Crippen LogP contribution is 2.33. The molecule has 6 rings (SSSR count). The largest absolute Gasteiger partial charge is 0.490 e. The van der Waals surface area contributed by atoms with Crippen LogP contribution < -0.4 is 15.8 Å². The lowest BCUT2D eigenvalue weighted by Gasteiger charge is -2.30. The lowest BCUT2D eigenvalue weighted by molar-refractivity contribution is -0.132. The maximum atomic E-state index is 15.2. The molecule has 4 aromatic carbocycles. The highest BCUT2D eigenvalue weighted by Gasteiger charge is 2.42. The molecule has 0 heterocycles. The van der Waals surface area contributed by atoms with Gasteiger partial charge >= 0.3 is 0 Å². The minimum atomic E-state index is -3.57. The SMILES string of the molecule is CN=CCC(N)C1CCC1.CO.Cc1ccc(-c2ccc(C(F)(F)C(C=O)NC(=O)Cc3ccc4cc(OC5CCCC5)ccc4c3)cc2)cc1. The molecular formula is C42H51F2N3O4. The fourth-order valence-corrected chi connectivity index (χ4v) is 6.37. The number of aryl methyl sites for hydroxylation is 1. The van der Waals surface area contributed by atoms with Crippen molar-refractivity contribution in [1.29, 1.82) is 0 Å². The number of halogens is 2. The topological polar surface area (TPSA) is 114 Å². The van der Waals surface area contributed by atoms with E-state index in [1.807, 2.05) is 67.7 Å². The average Bonchev–Trinajstić information content (AvgIpc) is 3.63. The number of rotatable bonds is 12. The van der Waals surface area contributed by atoms with Crippen molar-refractivity contribution in [2.24, 2.45) is 16.6 Å². The first-order valence-electron chi connectivity index (χ1n) is 17.8. The molecule has 4 N–H and O–H groups in total. The number of hydrogen-bond acceptors (Lipinski definition) is 6. The number of benzene rings is 4. The molecule has 0 saturated heterocycles. The van der Waals surface area contributed by atoms with Crippen molar-refractivity contribution in [3.05, 3.63) is 102 Å². The van der Waals surface area contributed by atoms with E-state index in [1.54, 1.807) is 25.2 Å². The lowest BCUT2D eigenvalue weighted by atomic mass is 9.79. The van der Waals surface area contributed by atoms with Crippen LogP contribution in [0.4, 0.5) is 8.78 Å². The molecule has 0 radical (unpaired) electrons. The van der Waals surface area contributed by atoms with E-state index in [1.165, 1.54) is 44.2 Å². The van der Waals surface area contributed by atoms with Crippen molar-refractivity contribution in [3.63, 3.8) is 0 Å². The molecule has 2 fully saturated rings. The van der Waals surface area contributed by atoms with Crippen molar-refractivity contribution in [3.8, 4) is 16.9 Å². The molecule has 272 valence electrons. The number of alkyl halides is 2. The highest BCUT2D eigenvalue weighted by molar-refractivity contribution is 5.87. The van der Waals surface area contributed by atoms with Crippen molar-refractivity contribution >= 4 is 29.2 Å². The number of carbonyl (C=O) groups excluding carboxylic acids is 2. The van der Waals surface area contributed by atoms with Crippen LogP contribution >= 0.6 is 0 Å². The predicted octanol–water partition coefficient (Wildman–Crippen LogP) is 7.97. The Morgan fingerprint density at radius 1 is 0.922 bits per heavy atom. The zero-order valence-corrected chi connectivity index (χ0v) is 29.9. The molecule has 4 aromatic rings. The third-order valence-electron chi connectivity index (χ3n) is 9.66. The number of ether oxygens (including phenoxy) is 1. The Morgan fingerprint density at radius 2 is 1.53 bits per heavy atom. The molecule has 0 spiro atoms. The Balaban J connectivity index is 0.000000416. The summed E-state index contributed by atoms with van der Waals surface area (Å²) in [5.74, 6) is -2.60. The van der Waals surface area contributed by atoms with E-state index >= 15 is 8.78 Å². The summed E-state index contributed by atoms with van der Waals surface area (Å²) >= 11 is 0. The molecule has 9 heteroatoms. The average molecular weight is 700 g/mol. The van der Waals surface area contributed by atoms with E-state index < -0.39 is 17.9 Å². The molecule has 2 saturated carbocycles. The highest BCUT2D eigenvalue weighted by atomic mass is 19.3. The third kappa shape index (κ3) is 11.0. The first-order valence-corrected chi connectivity index (χ1v) is 17.8. The number of nitrogens with two attached hydrogens (primary N) is 1. The van der Waals surface area contributed by atoms with Crippen LogP contribution in [0.1, 0.15) is 68.1 Å². The van der Waals surface area contributed by atoms with Crippen molar-refractivity contribution in [1.82, 2.24) is 5.32 Å². The first-order chi connectivity index (χ1) is 24.7. The number of nitrogens with zero attached hydrogens (tertiary/aromatic N) is 1. The summed E-state index contributed by atoms with van der Waals surface area (Å²) in [5.41, 5.74) is 9.00. The third-order valence-corrected chi connectivity index (χ3v) is 9.66. The molecule has 2 unspecified atom stereocenters. The Morgan fingerprint density at radius 3 is 2.12 bits per heavy atom. The Labute approximate surface area is 300 Å². The molecule has 2 atom stereocenters. The van der Waals surface area contributed by atoms with E-state index in [4.69, 9.17) is 15.6 Å². The van der Waals surface area contributed by atoms with Crippen molar-refractivity contribution in [2.45, 2.75) is 88.8 Å². The Bertz CT molecular complexity index is 1720. The monoisotopic (exact) mass is 699 g/mol. The zero-order valence-electron chi connectivity index (χ0n) is 29.9. The van der Waals surface area contributed by atoms with Gasteiger partial charge < -0.3 is 30.7 Å². The van der Waals surface area contributed by atoms with Crippen LogP contribution in [0.25, 0.3) is 21.9 Å². The zero-order chi connectivity index (χ0) is 36.8. The van der Waals surface area contributed by atoms with Gasteiger partial charge in [-0.1, -0.05) is 84.8 Å². The second-order valence-corrected chi connectivity index (χ2v) is 13.3. The molecule has 0 aromatic heterocycles. The van der Waals surface area contributed by atoms with E-state index in [0.29, 0.717) is 11.6 Å². The standard InChI is InChI=1S/C33H31F2NO3.C8H16N2.CH4O/c1-22-6-9-24(10-7-22)25-12-15-28(16-13-25)33(34,35)31(21-37)36-32(38)19-23-8-11-27-20-30(17-14-26(27)18-23)39-29-4-2-3-5-29;1-10-6-5-8(9)7-3-2-4-7;1-2/h6-18,20-21,29,31H,2-5,19H2,1H3,(H,36,38);6-8H,2-5,9H2,1H3;2H,1H3. The summed E-state index contributed by atoms with van der Waals surface area (Å²) in [5, 5.41) is 11.1. The molecule has 7 nitrogen and oxygen atoms in total. The fourth-order valence-electron chi connectivity index (χ4n) is 6.37. The van der Waals surface area contributed by atoms with Crippen LogP contribution in [0.2, 0.25) is 0 Å². The van der Waals surface area contributed by atoms with E-state index in [9.17, 15) is 9.59 Å². The summed E-state index contributed by atoms with van der Waals surface area (Å²) in [6.07, 6.45) is 11.7. The molecular weight excluding hydrogens is 648 g/mol. The number of hydrogen-bond donors (Lipinski definition) is 3. The van der Waals surface area contributed by atoms with Gasteiger partial charge in [-0.2, -0.15) is 8.78 Å². The summed E-state index contributed by atoms with van der Waals surface area (Å²) < 4.78 is 36.5. The Kier molecular flexibility index (Phi) is 14.8. The smallest absolute Gasteiger partial charge is 0.299 e. The van der Waals surface area contributed by atoms with Crippen LogP contribution in [-0.4, -0.2) is 55.9 Å². The van der Waals surface area contributed by atoms with Gasteiger partial charge in [0.1, 0.15) is 12.0 Å². The van der Waals surface area contributed by atoms with Gasteiger partial charge in [-0.3, -0.25) is 4.79 Å². The van der Waals surface area contributed by atoms with Crippen LogP contribution in [0.15, 0.2) is 89.9 Å². The molecule has 0 bridgehead atoms. The summed E-state index contributed by atoms with van der Waals surface area (Å²) in [6, 6.07) is 23.3. The molecule has 2 aliphatic carbocycles. The van der Waals surface area contributed by atoms with Gasteiger partial charge in [0.15, 0.2) is 6.04 Å². The number of nitrogens with one attached hydrogen (secondary N) is 1. The van der Waals surface area contributed by atoms with Crippen LogP contribution in [0.5, 0.6) is 5.75 Å². The number of fused-ring (bicyclic) bond motifs is 1. The van der Waals surface area contributed by atoms with E-state index in [-0.39, 0.29) is 24.4 Å². The molecule has 51 heavy (non-hydrogen) atoms. The van der Waals surface area contributed by atoms with Gasteiger partial charge in [-0.05, 0) is 104 Å². The minimum Gasteiger partial charge on any atom is -0.490 e. The normalized spacial score (nSPS) is 15.9. The van der Waals surface area contributed by atoms with Crippen molar-refractivity contribution in [2.75, 3.05) is 14.2 Å². The van der Waals surface area contributed by atoms with E-state index in [0.717, 1.165) is 65.5 Å². The van der Waals surface area contributed by atoms with Gasteiger partial charge in [0, 0.05) is 25.8 Å². The van der Waals surface area contributed by atoms with E-state index in [2.05, 4.69) is 10.3 Å². The molecule has 2 aliphatic rings. The lowest BCUT2D eigenvalue weighted by Crippen LogP contribution is -2.47. The number of aliphatic hydroxyl groups excluding tert-OH is 1. The summed E-state index contributed by atoms with van der Waals surface area (Å²) in [6.45, 7) is 1.98. The quantitative estimate of drug-likeness (QED) is 0.103. The predicted molar refractivity (Wildman–Crippen MR) is 202 cm³/mol. The van der Waals surface area contributed by atoms with Crippen molar-refractivity contribution < 1.29 is 28.2 Å². The fraction of sp³-hybridized carbons (Fsp3) is 0.405. The van der Waals surface area contributed by atoms with Crippen LogP contribution in [-0.2, 0) is 21.9 Å². The maximum absolute atomic E-state index is 15.2. The number of aliphatic hydroxyl groups is 1. The second-order valence-electron chi connectivity index (χ2n) is 13.3. The number of aldehydes is 1. The van der Waals surface area contributed by atoms with Gasteiger partial charge in [-0.25, -0.2) is 0 Å². The number of carbonyl (C=O) groups is 2. The second kappa shape index (κ2) is 19.2.